The van der Waals surface area contributed by atoms with Crippen LogP contribution in [-0.2, 0) is 16.1 Å². The second-order valence-corrected chi connectivity index (χ2v) is 3.60. The number of rotatable bonds is 6. The Kier molecular flexibility index (Phi) is 5.52. The summed E-state index contributed by atoms with van der Waals surface area (Å²) in [4.78, 5) is 11.3. The van der Waals surface area contributed by atoms with Crippen LogP contribution >= 0.6 is 0 Å². The molecule has 15 heavy (non-hydrogen) atoms. The fraction of sp³-hybridized carbons (Fsp3) is 0.462. The van der Waals surface area contributed by atoms with Crippen molar-refractivity contribution in [1.82, 2.24) is 0 Å². The molecule has 1 rings (SSSR count). The molecule has 0 aromatic heterocycles. The first-order chi connectivity index (χ1) is 7.33. The molecule has 0 amide bonds. The van der Waals surface area contributed by atoms with E-state index >= 15 is 0 Å². The number of carbonyl (C=O) groups excluding carboxylic acids is 1. The molecule has 0 radical (unpaired) electrons. The van der Waals surface area contributed by atoms with Gasteiger partial charge in [-0.2, -0.15) is 0 Å². The number of benzene rings is 1. The fourth-order valence-corrected chi connectivity index (χ4v) is 1.33. The van der Waals surface area contributed by atoms with E-state index in [9.17, 15) is 4.79 Å². The van der Waals surface area contributed by atoms with Gasteiger partial charge in [-0.05, 0) is 12.0 Å². The lowest BCUT2D eigenvalue weighted by molar-refractivity contribution is -0.145. The third-order valence-electron chi connectivity index (χ3n) is 2.23. The molecule has 0 aliphatic rings. The fourth-order valence-electron chi connectivity index (χ4n) is 1.33. The normalized spacial score (nSPS) is 9.93. The van der Waals surface area contributed by atoms with Crippen molar-refractivity contribution in [1.29, 1.82) is 0 Å². The van der Waals surface area contributed by atoms with Crippen molar-refractivity contribution in [3.05, 3.63) is 35.9 Å². The average molecular weight is 206 g/mol. The summed E-state index contributed by atoms with van der Waals surface area (Å²) >= 11 is 0. The van der Waals surface area contributed by atoms with Gasteiger partial charge in [0, 0.05) is 6.42 Å². The number of hydrogen-bond donors (Lipinski definition) is 0. The highest BCUT2D eigenvalue weighted by atomic mass is 16.5. The van der Waals surface area contributed by atoms with Crippen LogP contribution in [0.2, 0.25) is 0 Å². The number of ether oxygens (including phenoxy) is 1. The van der Waals surface area contributed by atoms with Crippen LogP contribution in [0.15, 0.2) is 30.3 Å². The summed E-state index contributed by atoms with van der Waals surface area (Å²) in [5.74, 6) is -0.0905. The van der Waals surface area contributed by atoms with Crippen LogP contribution in [0.1, 0.15) is 38.2 Å². The summed E-state index contributed by atoms with van der Waals surface area (Å²) < 4.78 is 5.14. The van der Waals surface area contributed by atoms with E-state index in [1.54, 1.807) is 0 Å². The molecule has 1 aromatic rings. The number of hydrogen-bond acceptors (Lipinski definition) is 2. The maximum Gasteiger partial charge on any atom is 0.306 e. The lowest BCUT2D eigenvalue weighted by atomic mass is 10.2. The molecule has 2 heteroatoms. The third-order valence-corrected chi connectivity index (χ3v) is 2.23. The summed E-state index contributed by atoms with van der Waals surface area (Å²) in [5, 5.41) is 0. The van der Waals surface area contributed by atoms with E-state index in [2.05, 4.69) is 6.92 Å². The van der Waals surface area contributed by atoms with Crippen LogP contribution in [0, 0.1) is 0 Å². The van der Waals surface area contributed by atoms with Gasteiger partial charge in [0.1, 0.15) is 6.61 Å². The molecular weight excluding hydrogens is 188 g/mol. The smallest absolute Gasteiger partial charge is 0.306 e. The highest BCUT2D eigenvalue weighted by Crippen LogP contribution is 2.04. The van der Waals surface area contributed by atoms with Crippen molar-refractivity contribution in [2.45, 2.75) is 39.2 Å². The van der Waals surface area contributed by atoms with Crippen molar-refractivity contribution in [3.8, 4) is 0 Å². The van der Waals surface area contributed by atoms with Gasteiger partial charge in [0.25, 0.3) is 0 Å². The Morgan fingerprint density at radius 3 is 2.60 bits per heavy atom. The molecule has 0 atom stereocenters. The molecule has 0 saturated carbocycles. The van der Waals surface area contributed by atoms with Crippen molar-refractivity contribution in [2.24, 2.45) is 0 Å². The summed E-state index contributed by atoms with van der Waals surface area (Å²) in [6, 6.07) is 9.76. The minimum atomic E-state index is -0.0905. The maximum atomic E-state index is 11.3. The molecule has 0 fully saturated rings. The first-order valence-corrected chi connectivity index (χ1v) is 5.52. The van der Waals surface area contributed by atoms with Crippen molar-refractivity contribution in [2.75, 3.05) is 0 Å². The highest BCUT2D eigenvalue weighted by Gasteiger charge is 2.02. The Morgan fingerprint density at radius 1 is 1.20 bits per heavy atom. The molecule has 0 bridgehead atoms. The van der Waals surface area contributed by atoms with Crippen LogP contribution in [-0.4, -0.2) is 5.97 Å². The van der Waals surface area contributed by atoms with Gasteiger partial charge in [0.05, 0.1) is 0 Å². The molecule has 82 valence electrons. The lowest BCUT2D eigenvalue weighted by Gasteiger charge is -2.04. The monoisotopic (exact) mass is 206 g/mol. The first-order valence-electron chi connectivity index (χ1n) is 5.52. The molecular formula is C13H18O2. The lowest BCUT2D eigenvalue weighted by Crippen LogP contribution is -2.04. The maximum absolute atomic E-state index is 11.3. The Morgan fingerprint density at radius 2 is 1.93 bits per heavy atom. The Labute approximate surface area is 91.3 Å². The number of carbonyl (C=O) groups is 1. The second-order valence-electron chi connectivity index (χ2n) is 3.60. The summed E-state index contributed by atoms with van der Waals surface area (Å²) in [6.45, 7) is 2.51. The minimum absolute atomic E-state index is 0.0905. The summed E-state index contributed by atoms with van der Waals surface area (Å²) in [6.07, 6.45) is 3.71. The van der Waals surface area contributed by atoms with Crippen LogP contribution < -0.4 is 0 Å². The van der Waals surface area contributed by atoms with Gasteiger partial charge < -0.3 is 4.74 Å². The van der Waals surface area contributed by atoms with Crippen molar-refractivity contribution < 1.29 is 9.53 Å². The van der Waals surface area contributed by atoms with E-state index in [1.807, 2.05) is 30.3 Å². The van der Waals surface area contributed by atoms with Gasteiger partial charge in [0.15, 0.2) is 0 Å². The zero-order valence-corrected chi connectivity index (χ0v) is 9.24. The molecule has 0 N–H and O–H groups in total. The van der Waals surface area contributed by atoms with Gasteiger partial charge >= 0.3 is 5.97 Å². The zero-order valence-electron chi connectivity index (χ0n) is 9.24. The van der Waals surface area contributed by atoms with Crippen LogP contribution in [0.4, 0.5) is 0 Å². The third kappa shape index (κ3) is 5.21. The van der Waals surface area contributed by atoms with Crippen molar-refractivity contribution >= 4 is 5.97 Å². The van der Waals surface area contributed by atoms with Crippen molar-refractivity contribution in [3.63, 3.8) is 0 Å². The first kappa shape index (κ1) is 11.8. The number of unbranched alkanes of at least 4 members (excludes halogenated alkanes) is 2. The highest BCUT2D eigenvalue weighted by molar-refractivity contribution is 5.69. The second kappa shape index (κ2) is 7.04. The predicted molar refractivity (Wildman–Crippen MR) is 60.4 cm³/mol. The Bertz CT molecular complexity index is 280. The van der Waals surface area contributed by atoms with E-state index in [4.69, 9.17) is 4.74 Å². The van der Waals surface area contributed by atoms with Crippen LogP contribution in [0.25, 0.3) is 0 Å². The van der Waals surface area contributed by atoms with Crippen LogP contribution in [0.3, 0.4) is 0 Å². The average Bonchev–Trinajstić information content (AvgIpc) is 2.28. The van der Waals surface area contributed by atoms with E-state index in [0.29, 0.717) is 13.0 Å². The Hall–Kier alpha value is -1.31. The molecule has 0 aliphatic heterocycles. The minimum Gasteiger partial charge on any atom is -0.461 e. The van der Waals surface area contributed by atoms with Gasteiger partial charge in [-0.15, -0.1) is 0 Å². The van der Waals surface area contributed by atoms with Gasteiger partial charge in [-0.3, -0.25) is 4.79 Å². The molecule has 0 unspecified atom stereocenters. The van der Waals surface area contributed by atoms with E-state index < -0.39 is 0 Å². The van der Waals surface area contributed by atoms with Gasteiger partial charge in [-0.1, -0.05) is 50.1 Å². The largest absolute Gasteiger partial charge is 0.461 e. The van der Waals surface area contributed by atoms with E-state index in [1.165, 1.54) is 0 Å². The summed E-state index contributed by atoms with van der Waals surface area (Å²) in [7, 11) is 0. The zero-order chi connectivity index (χ0) is 10.9. The van der Waals surface area contributed by atoms with Crippen LogP contribution in [0.5, 0.6) is 0 Å². The molecule has 0 spiro atoms. The van der Waals surface area contributed by atoms with Gasteiger partial charge in [-0.25, -0.2) is 0 Å². The molecule has 1 aromatic carbocycles. The summed E-state index contributed by atoms with van der Waals surface area (Å²) in [5.41, 5.74) is 1.04. The van der Waals surface area contributed by atoms with E-state index in [-0.39, 0.29) is 5.97 Å². The van der Waals surface area contributed by atoms with E-state index in [0.717, 1.165) is 24.8 Å². The molecule has 0 heterocycles. The molecule has 0 saturated heterocycles. The SMILES string of the molecule is CCCCCC(=O)OCc1ccccc1. The number of esters is 1. The topological polar surface area (TPSA) is 26.3 Å². The molecule has 2 nitrogen and oxygen atoms in total. The quantitative estimate of drug-likeness (QED) is 0.527. The standard InChI is InChI=1S/C13H18O2/c1-2-3-5-10-13(14)15-11-12-8-6-4-7-9-12/h4,6-9H,2-3,5,10-11H2,1H3. The Balaban J connectivity index is 2.17. The molecule has 0 aliphatic carbocycles. The predicted octanol–water partition coefficient (Wildman–Crippen LogP) is 3.31. The van der Waals surface area contributed by atoms with Gasteiger partial charge in [0.2, 0.25) is 0 Å².